The van der Waals surface area contributed by atoms with Gasteiger partial charge in [0.05, 0.1) is 12.1 Å². The second-order valence-electron chi connectivity index (χ2n) is 7.11. The van der Waals surface area contributed by atoms with Crippen molar-refractivity contribution >= 4 is 23.2 Å². The third-order valence-electron chi connectivity index (χ3n) is 5.15. The average molecular weight is 427 g/mol. The van der Waals surface area contributed by atoms with Gasteiger partial charge in [-0.15, -0.1) is 0 Å². The maximum atomic E-state index is 12.8. The average Bonchev–Trinajstić information content (AvgIpc) is 2.71. The zero-order valence-electron chi connectivity index (χ0n) is 15.7. The standard InChI is InChI=1S/C21H22ClF3N2O2/c22-17-5-1-3-15(11-17)20(7-9-29-10-8-20)14-27-19(28)13-26-18-6-2-4-16(12-18)21(23,24)25/h1-6,11-12,26H,7-10,13-14H2,(H,27,28). The number of hydrogen-bond donors (Lipinski definition) is 2. The Morgan fingerprint density at radius 2 is 1.83 bits per heavy atom. The highest BCUT2D eigenvalue weighted by Gasteiger charge is 2.35. The molecule has 4 nitrogen and oxygen atoms in total. The number of ether oxygens (including phenoxy) is 1. The smallest absolute Gasteiger partial charge is 0.381 e. The molecule has 1 saturated heterocycles. The van der Waals surface area contributed by atoms with Crippen LogP contribution in [0.4, 0.5) is 18.9 Å². The van der Waals surface area contributed by atoms with Gasteiger partial charge in [0, 0.05) is 35.9 Å². The maximum Gasteiger partial charge on any atom is 0.416 e. The van der Waals surface area contributed by atoms with Crippen molar-refractivity contribution in [1.29, 1.82) is 0 Å². The van der Waals surface area contributed by atoms with Crippen LogP contribution in [0.3, 0.4) is 0 Å². The topological polar surface area (TPSA) is 50.4 Å². The SMILES string of the molecule is O=C(CNc1cccc(C(F)(F)F)c1)NCC1(c2cccc(Cl)c2)CCOCC1. The maximum absolute atomic E-state index is 12.8. The summed E-state index contributed by atoms with van der Waals surface area (Å²) in [6.45, 7) is 1.46. The first-order chi connectivity index (χ1) is 13.8. The van der Waals surface area contributed by atoms with Gasteiger partial charge in [-0.3, -0.25) is 4.79 Å². The summed E-state index contributed by atoms with van der Waals surface area (Å²) in [5.41, 5.74) is 0.240. The summed E-state index contributed by atoms with van der Waals surface area (Å²) in [4.78, 5) is 12.3. The molecule has 0 aromatic heterocycles. The van der Waals surface area contributed by atoms with Crippen LogP contribution in [0.1, 0.15) is 24.0 Å². The summed E-state index contributed by atoms with van der Waals surface area (Å²) < 4.78 is 43.9. The van der Waals surface area contributed by atoms with E-state index >= 15 is 0 Å². The van der Waals surface area contributed by atoms with E-state index in [0.29, 0.717) is 24.8 Å². The second-order valence-corrected chi connectivity index (χ2v) is 7.55. The molecule has 2 aromatic rings. The Morgan fingerprint density at radius 1 is 1.10 bits per heavy atom. The van der Waals surface area contributed by atoms with Crippen molar-refractivity contribution in [2.24, 2.45) is 0 Å². The summed E-state index contributed by atoms with van der Waals surface area (Å²) in [6.07, 6.45) is -2.93. The molecule has 1 heterocycles. The molecule has 156 valence electrons. The first kappa shape index (κ1) is 21.5. The number of halogens is 4. The van der Waals surface area contributed by atoms with Crippen molar-refractivity contribution in [2.45, 2.75) is 24.4 Å². The molecule has 1 aliphatic heterocycles. The Balaban J connectivity index is 1.61. The van der Waals surface area contributed by atoms with Gasteiger partial charge < -0.3 is 15.4 Å². The highest BCUT2D eigenvalue weighted by atomic mass is 35.5. The lowest BCUT2D eigenvalue weighted by Crippen LogP contribution is -2.45. The van der Waals surface area contributed by atoms with Gasteiger partial charge in [0.25, 0.3) is 0 Å². The molecule has 0 radical (unpaired) electrons. The third-order valence-corrected chi connectivity index (χ3v) is 5.39. The molecule has 2 aromatic carbocycles. The number of hydrogen-bond acceptors (Lipinski definition) is 3. The number of nitrogens with one attached hydrogen (secondary N) is 2. The quantitative estimate of drug-likeness (QED) is 0.707. The highest BCUT2D eigenvalue weighted by Crippen LogP contribution is 2.35. The third kappa shape index (κ3) is 5.64. The molecular formula is C21H22ClF3N2O2. The fraction of sp³-hybridized carbons (Fsp3) is 0.381. The zero-order chi connectivity index (χ0) is 20.9. The number of alkyl halides is 3. The molecule has 3 rings (SSSR count). The van der Waals surface area contributed by atoms with Crippen LogP contribution in [0.25, 0.3) is 0 Å². The number of carbonyl (C=O) groups is 1. The zero-order valence-corrected chi connectivity index (χ0v) is 16.4. The predicted molar refractivity (Wildman–Crippen MR) is 106 cm³/mol. The Labute approximate surface area is 172 Å². The van der Waals surface area contributed by atoms with Crippen LogP contribution in [-0.2, 0) is 21.1 Å². The fourth-order valence-corrected chi connectivity index (χ4v) is 3.66. The van der Waals surface area contributed by atoms with Gasteiger partial charge in [0.1, 0.15) is 0 Å². The Morgan fingerprint density at radius 3 is 2.52 bits per heavy atom. The Hall–Kier alpha value is -2.25. The van der Waals surface area contributed by atoms with Gasteiger partial charge in [-0.25, -0.2) is 0 Å². The van der Waals surface area contributed by atoms with E-state index in [0.717, 1.165) is 30.5 Å². The van der Waals surface area contributed by atoms with Crippen molar-refractivity contribution in [3.8, 4) is 0 Å². The van der Waals surface area contributed by atoms with Crippen LogP contribution in [0, 0.1) is 0 Å². The van der Waals surface area contributed by atoms with Gasteiger partial charge in [-0.05, 0) is 48.7 Å². The largest absolute Gasteiger partial charge is 0.416 e. The molecule has 29 heavy (non-hydrogen) atoms. The number of benzene rings is 2. The van der Waals surface area contributed by atoms with Crippen LogP contribution in [-0.4, -0.2) is 32.2 Å². The van der Waals surface area contributed by atoms with Crippen molar-refractivity contribution in [2.75, 3.05) is 31.6 Å². The van der Waals surface area contributed by atoms with E-state index in [1.807, 2.05) is 18.2 Å². The molecule has 0 bridgehead atoms. The highest BCUT2D eigenvalue weighted by molar-refractivity contribution is 6.30. The van der Waals surface area contributed by atoms with E-state index in [1.165, 1.54) is 12.1 Å². The van der Waals surface area contributed by atoms with E-state index < -0.39 is 11.7 Å². The Kier molecular flexibility index (Phi) is 6.70. The van der Waals surface area contributed by atoms with E-state index in [1.54, 1.807) is 6.07 Å². The molecule has 0 aliphatic carbocycles. The van der Waals surface area contributed by atoms with Crippen LogP contribution in [0.15, 0.2) is 48.5 Å². The number of anilines is 1. The molecule has 1 aliphatic rings. The minimum Gasteiger partial charge on any atom is -0.381 e. The molecule has 0 unspecified atom stereocenters. The number of rotatable bonds is 6. The first-order valence-corrected chi connectivity index (χ1v) is 9.68. The van der Waals surface area contributed by atoms with E-state index in [9.17, 15) is 18.0 Å². The predicted octanol–water partition coefficient (Wildman–Crippen LogP) is 4.64. The molecular weight excluding hydrogens is 405 g/mol. The summed E-state index contributed by atoms with van der Waals surface area (Å²) in [6, 6.07) is 12.4. The fourth-order valence-electron chi connectivity index (χ4n) is 3.47. The van der Waals surface area contributed by atoms with Crippen molar-refractivity contribution in [1.82, 2.24) is 5.32 Å². The molecule has 0 saturated carbocycles. The molecule has 8 heteroatoms. The van der Waals surface area contributed by atoms with E-state index in [-0.39, 0.29) is 23.6 Å². The van der Waals surface area contributed by atoms with Crippen LogP contribution in [0.2, 0.25) is 5.02 Å². The molecule has 1 fully saturated rings. The van der Waals surface area contributed by atoms with E-state index in [4.69, 9.17) is 16.3 Å². The first-order valence-electron chi connectivity index (χ1n) is 9.30. The summed E-state index contributed by atoms with van der Waals surface area (Å²) in [7, 11) is 0. The lowest BCUT2D eigenvalue weighted by molar-refractivity contribution is -0.137. The van der Waals surface area contributed by atoms with E-state index in [2.05, 4.69) is 10.6 Å². The summed E-state index contributed by atoms with van der Waals surface area (Å²) >= 11 is 6.14. The van der Waals surface area contributed by atoms with Crippen molar-refractivity contribution < 1.29 is 22.7 Å². The summed E-state index contributed by atoms with van der Waals surface area (Å²) in [5.74, 6) is -0.296. The van der Waals surface area contributed by atoms with Crippen molar-refractivity contribution in [3.05, 3.63) is 64.7 Å². The number of carbonyl (C=O) groups excluding carboxylic acids is 1. The summed E-state index contributed by atoms with van der Waals surface area (Å²) in [5, 5.41) is 6.28. The van der Waals surface area contributed by atoms with Gasteiger partial charge in [0.2, 0.25) is 5.91 Å². The molecule has 0 atom stereocenters. The molecule has 1 amide bonds. The minimum atomic E-state index is -4.42. The van der Waals surface area contributed by atoms with Crippen LogP contribution in [0.5, 0.6) is 0 Å². The van der Waals surface area contributed by atoms with Gasteiger partial charge >= 0.3 is 6.18 Å². The van der Waals surface area contributed by atoms with Gasteiger partial charge in [-0.1, -0.05) is 29.8 Å². The van der Waals surface area contributed by atoms with Gasteiger partial charge in [0.15, 0.2) is 0 Å². The molecule has 0 spiro atoms. The Bertz CT molecular complexity index is 852. The normalized spacial score (nSPS) is 16.3. The molecule has 2 N–H and O–H groups in total. The van der Waals surface area contributed by atoms with Gasteiger partial charge in [-0.2, -0.15) is 13.2 Å². The van der Waals surface area contributed by atoms with Crippen LogP contribution < -0.4 is 10.6 Å². The monoisotopic (exact) mass is 426 g/mol. The van der Waals surface area contributed by atoms with Crippen molar-refractivity contribution in [3.63, 3.8) is 0 Å². The lowest BCUT2D eigenvalue weighted by Gasteiger charge is -2.38. The second kappa shape index (κ2) is 9.05. The number of amides is 1. The minimum absolute atomic E-state index is 0.122. The van der Waals surface area contributed by atoms with Crippen LogP contribution >= 0.6 is 11.6 Å². The lowest BCUT2D eigenvalue weighted by atomic mass is 9.74.